The third-order valence-electron chi connectivity index (χ3n) is 6.78. The van der Waals surface area contributed by atoms with Crippen molar-refractivity contribution < 1.29 is 24.2 Å². The van der Waals surface area contributed by atoms with E-state index in [1.807, 2.05) is 31.2 Å². The molecule has 1 unspecified atom stereocenters. The van der Waals surface area contributed by atoms with E-state index in [9.17, 15) is 14.4 Å². The molecule has 0 aromatic heterocycles. The molecule has 0 saturated carbocycles. The molecule has 168 valence electrons. The van der Waals surface area contributed by atoms with Gasteiger partial charge >= 0.3 is 12.1 Å². The predicted octanol–water partition coefficient (Wildman–Crippen LogP) is 3.48. The zero-order valence-electron chi connectivity index (χ0n) is 18.3. The zero-order valence-corrected chi connectivity index (χ0v) is 18.3. The van der Waals surface area contributed by atoms with E-state index < -0.39 is 23.4 Å². The van der Waals surface area contributed by atoms with Crippen molar-refractivity contribution in [3.63, 3.8) is 0 Å². The fourth-order valence-electron chi connectivity index (χ4n) is 4.45. The Balaban J connectivity index is 1.34. The number of alkyl carbamates (subject to hydrolysis) is 1. The summed E-state index contributed by atoms with van der Waals surface area (Å²) < 4.78 is 5.56. The van der Waals surface area contributed by atoms with Gasteiger partial charge in [0.05, 0.1) is 11.3 Å². The number of ether oxygens (including phenoxy) is 1. The first-order chi connectivity index (χ1) is 15.3. The molecule has 2 aliphatic rings. The van der Waals surface area contributed by atoms with Crippen LogP contribution in [0.1, 0.15) is 37.3 Å². The van der Waals surface area contributed by atoms with Gasteiger partial charge in [0.15, 0.2) is 0 Å². The summed E-state index contributed by atoms with van der Waals surface area (Å²) >= 11 is 0. The predicted molar refractivity (Wildman–Crippen MR) is 119 cm³/mol. The van der Waals surface area contributed by atoms with Crippen molar-refractivity contribution in [3.05, 3.63) is 59.7 Å². The van der Waals surface area contributed by atoms with E-state index in [-0.39, 0.29) is 38.1 Å². The molecule has 1 fully saturated rings. The van der Waals surface area contributed by atoms with E-state index in [0.717, 1.165) is 22.3 Å². The maximum absolute atomic E-state index is 12.8. The largest absolute Gasteiger partial charge is 0.481 e. The second-order valence-corrected chi connectivity index (χ2v) is 8.84. The van der Waals surface area contributed by atoms with Gasteiger partial charge in [0.2, 0.25) is 5.91 Å². The number of carbonyl (C=O) groups is 3. The molecule has 1 heterocycles. The maximum atomic E-state index is 12.8. The molecule has 32 heavy (non-hydrogen) atoms. The lowest BCUT2D eigenvalue weighted by molar-refractivity contribution is -0.157. The molecule has 7 nitrogen and oxygen atoms in total. The lowest BCUT2D eigenvalue weighted by Gasteiger charge is -2.42. The average Bonchev–Trinajstić information content (AvgIpc) is 3.08. The summed E-state index contributed by atoms with van der Waals surface area (Å²) in [5.41, 5.74) is 3.79. The van der Waals surface area contributed by atoms with Crippen LogP contribution in [0.15, 0.2) is 48.5 Å². The number of carbonyl (C=O) groups excluding carboxylic acids is 2. The van der Waals surface area contributed by atoms with Gasteiger partial charge in [0, 0.05) is 25.6 Å². The number of nitrogens with one attached hydrogen (secondary N) is 1. The highest BCUT2D eigenvalue weighted by atomic mass is 16.5. The Bertz CT molecular complexity index is 1000. The van der Waals surface area contributed by atoms with Gasteiger partial charge in [-0.25, -0.2) is 4.79 Å². The van der Waals surface area contributed by atoms with Crippen molar-refractivity contribution in [1.82, 2.24) is 10.2 Å². The fourth-order valence-corrected chi connectivity index (χ4v) is 4.45. The molecule has 2 amide bonds. The molecule has 1 saturated heterocycles. The number of carboxylic acid groups (broad SMARTS) is 1. The Labute approximate surface area is 187 Å². The van der Waals surface area contributed by atoms with Crippen LogP contribution in [-0.2, 0) is 14.3 Å². The van der Waals surface area contributed by atoms with Crippen LogP contribution in [0.3, 0.4) is 0 Å². The highest BCUT2D eigenvalue weighted by molar-refractivity contribution is 5.86. The average molecular weight is 437 g/mol. The van der Waals surface area contributed by atoms with Crippen LogP contribution in [0.2, 0.25) is 0 Å². The first-order valence-electron chi connectivity index (χ1n) is 10.9. The molecule has 2 aromatic carbocycles. The molecule has 1 atom stereocenters. The number of carboxylic acids is 1. The number of aliphatic carboxylic acids is 1. The van der Waals surface area contributed by atoms with Crippen LogP contribution in [0, 0.1) is 11.3 Å². The summed E-state index contributed by atoms with van der Waals surface area (Å²) in [7, 11) is 0. The van der Waals surface area contributed by atoms with Crippen LogP contribution in [0.4, 0.5) is 4.79 Å². The Morgan fingerprint density at radius 3 is 2.16 bits per heavy atom. The van der Waals surface area contributed by atoms with Crippen LogP contribution in [0.5, 0.6) is 0 Å². The van der Waals surface area contributed by atoms with Crippen LogP contribution >= 0.6 is 0 Å². The van der Waals surface area contributed by atoms with Crippen molar-refractivity contribution in [2.45, 2.75) is 26.2 Å². The van der Waals surface area contributed by atoms with Crippen molar-refractivity contribution in [2.24, 2.45) is 11.3 Å². The van der Waals surface area contributed by atoms with Gasteiger partial charge in [-0.1, -0.05) is 55.5 Å². The monoisotopic (exact) mass is 436 g/mol. The fraction of sp³-hybridized carbons (Fsp3) is 0.400. The first-order valence-corrected chi connectivity index (χ1v) is 10.9. The molecule has 2 aromatic rings. The van der Waals surface area contributed by atoms with Crippen molar-refractivity contribution in [2.75, 3.05) is 26.2 Å². The molecule has 0 spiro atoms. The standard InChI is InChI=1S/C25H28N2O5/c1-3-25(2,23(30)27-12-16(13-27)22(28)29)15-26-24(31)32-14-21-19-10-6-4-8-17(19)18-9-5-7-11-20(18)21/h4-11,16,21H,3,12-15H2,1-2H3,(H,26,31)(H,28,29). The minimum atomic E-state index is -0.885. The normalized spacial score (nSPS) is 17.0. The lowest BCUT2D eigenvalue weighted by atomic mass is 9.83. The number of likely N-dealkylation sites (tertiary alicyclic amines) is 1. The second-order valence-electron chi connectivity index (χ2n) is 8.84. The third-order valence-corrected chi connectivity index (χ3v) is 6.78. The summed E-state index contributed by atoms with van der Waals surface area (Å²) in [6.45, 7) is 4.44. The minimum Gasteiger partial charge on any atom is -0.481 e. The summed E-state index contributed by atoms with van der Waals surface area (Å²) in [6.07, 6.45) is -0.0460. The lowest BCUT2D eigenvalue weighted by Crippen LogP contribution is -2.58. The van der Waals surface area contributed by atoms with Gasteiger partial charge in [-0.05, 0) is 35.6 Å². The first kappa shape index (κ1) is 21.9. The molecule has 0 bridgehead atoms. The van der Waals surface area contributed by atoms with Crippen LogP contribution in [0.25, 0.3) is 11.1 Å². The third kappa shape index (κ3) is 3.95. The number of nitrogens with zero attached hydrogens (tertiary/aromatic N) is 1. The second kappa shape index (κ2) is 8.65. The molecule has 4 rings (SSSR count). The van der Waals surface area contributed by atoms with Crippen molar-refractivity contribution in [1.29, 1.82) is 0 Å². The van der Waals surface area contributed by atoms with Gasteiger partial charge in [-0.2, -0.15) is 0 Å². The number of hydrogen-bond acceptors (Lipinski definition) is 4. The Morgan fingerprint density at radius 2 is 1.62 bits per heavy atom. The zero-order chi connectivity index (χ0) is 22.9. The van der Waals surface area contributed by atoms with Gasteiger partial charge in [-0.15, -0.1) is 0 Å². The number of amides is 2. The maximum Gasteiger partial charge on any atom is 0.407 e. The molecule has 7 heteroatoms. The molecular formula is C25H28N2O5. The van der Waals surface area contributed by atoms with Crippen molar-refractivity contribution >= 4 is 18.0 Å². The quantitative estimate of drug-likeness (QED) is 0.693. The van der Waals surface area contributed by atoms with Crippen LogP contribution in [-0.4, -0.2) is 54.2 Å². The van der Waals surface area contributed by atoms with E-state index in [1.54, 1.807) is 11.8 Å². The van der Waals surface area contributed by atoms with Crippen molar-refractivity contribution in [3.8, 4) is 11.1 Å². The Kier molecular flexibility index (Phi) is 5.91. The summed E-state index contributed by atoms with van der Waals surface area (Å²) in [5.74, 6) is -1.56. The molecular weight excluding hydrogens is 408 g/mol. The van der Waals surface area contributed by atoms with E-state index in [0.29, 0.717) is 6.42 Å². The Hall–Kier alpha value is -3.35. The van der Waals surface area contributed by atoms with Gasteiger partial charge in [-0.3, -0.25) is 9.59 Å². The summed E-state index contributed by atoms with van der Waals surface area (Å²) in [6, 6.07) is 16.3. The summed E-state index contributed by atoms with van der Waals surface area (Å²) in [4.78, 5) is 37.9. The Morgan fingerprint density at radius 1 is 1.06 bits per heavy atom. The highest BCUT2D eigenvalue weighted by Gasteiger charge is 2.43. The van der Waals surface area contributed by atoms with E-state index in [2.05, 4.69) is 29.6 Å². The van der Waals surface area contributed by atoms with Gasteiger partial charge < -0.3 is 20.1 Å². The number of benzene rings is 2. The number of fused-ring (bicyclic) bond motifs is 3. The number of hydrogen-bond donors (Lipinski definition) is 2. The molecule has 1 aliphatic carbocycles. The summed E-state index contributed by atoms with van der Waals surface area (Å²) in [5, 5.41) is 11.8. The van der Waals surface area contributed by atoms with E-state index in [4.69, 9.17) is 9.84 Å². The molecule has 0 radical (unpaired) electrons. The van der Waals surface area contributed by atoms with Gasteiger partial charge in [0.25, 0.3) is 0 Å². The molecule has 1 aliphatic heterocycles. The number of rotatable bonds is 7. The van der Waals surface area contributed by atoms with Crippen LogP contribution < -0.4 is 5.32 Å². The van der Waals surface area contributed by atoms with E-state index >= 15 is 0 Å². The van der Waals surface area contributed by atoms with Gasteiger partial charge in [0.1, 0.15) is 6.61 Å². The SMILES string of the molecule is CCC(C)(CNC(=O)OCC1c2ccccc2-c2ccccc21)C(=O)N1CC(C(=O)O)C1. The minimum absolute atomic E-state index is 0.0265. The smallest absolute Gasteiger partial charge is 0.407 e. The van der Waals surface area contributed by atoms with E-state index in [1.165, 1.54) is 0 Å². The molecule has 2 N–H and O–H groups in total. The topological polar surface area (TPSA) is 95.9 Å². The highest BCUT2D eigenvalue weighted by Crippen LogP contribution is 2.44.